The average Bonchev–Trinajstić information content (AvgIpc) is 2.45. The second-order valence-electron chi connectivity index (χ2n) is 5.38. The third-order valence-corrected chi connectivity index (χ3v) is 5.78. The zero-order chi connectivity index (χ0) is 15.5. The number of nitrogens with two attached hydrogens (primary N) is 1. The van der Waals surface area contributed by atoms with Crippen molar-refractivity contribution in [2.45, 2.75) is 24.7 Å². The Labute approximate surface area is 125 Å². The van der Waals surface area contributed by atoms with Crippen LogP contribution in [0.3, 0.4) is 0 Å². The SMILES string of the molecule is Cc1ccccc1S(=O)(=O)N1CCCC(CNC(N)=O)C1. The van der Waals surface area contributed by atoms with Gasteiger partial charge in [-0.1, -0.05) is 18.2 Å². The number of nitrogens with one attached hydrogen (secondary N) is 1. The van der Waals surface area contributed by atoms with Gasteiger partial charge in [0.2, 0.25) is 10.0 Å². The molecule has 1 fully saturated rings. The van der Waals surface area contributed by atoms with Crippen LogP contribution in [-0.2, 0) is 10.0 Å². The molecule has 116 valence electrons. The first-order chi connectivity index (χ1) is 9.91. The number of piperidine rings is 1. The molecule has 1 heterocycles. The van der Waals surface area contributed by atoms with Gasteiger partial charge in [0.25, 0.3) is 0 Å². The lowest BCUT2D eigenvalue weighted by Crippen LogP contribution is -2.44. The fraction of sp³-hybridized carbons (Fsp3) is 0.500. The first kappa shape index (κ1) is 15.8. The normalized spacial score (nSPS) is 20.1. The summed E-state index contributed by atoms with van der Waals surface area (Å²) in [4.78, 5) is 11.1. The second-order valence-corrected chi connectivity index (χ2v) is 7.29. The molecule has 2 amide bonds. The van der Waals surface area contributed by atoms with Gasteiger partial charge in [-0.25, -0.2) is 13.2 Å². The van der Waals surface area contributed by atoms with Crippen LogP contribution in [0.4, 0.5) is 4.79 Å². The van der Waals surface area contributed by atoms with Gasteiger partial charge < -0.3 is 11.1 Å². The maximum absolute atomic E-state index is 12.7. The van der Waals surface area contributed by atoms with Crippen molar-refractivity contribution in [3.63, 3.8) is 0 Å². The highest BCUT2D eigenvalue weighted by Gasteiger charge is 2.30. The Morgan fingerprint density at radius 1 is 1.43 bits per heavy atom. The Balaban J connectivity index is 2.13. The Hall–Kier alpha value is -1.60. The van der Waals surface area contributed by atoms with Gasteiger partial charge in [0.05, 0.1) is 4.90 Å². The topological polar surface area (TPSA) is 92.5 Å². The Bertz CT molecular complexity index is 616. The van der Waals surface area contributed by atoms with E-state index < -0.39 is 16.1 Å². The zero-order valence-electron chi connectivity index (χ0n) is 12.1. The number of rotatable bonds is 4. The predicted octanol–water partition coefficient (Wildman–Crippen LogP) is 1.06. The van der Waals surface area contributed by atoms with Crippen molar-refractivity contribution in [1.29, 1.82) is 0 Å². The van der Waals surface area contributed by atoms with Crippen LogP contribution < -0.4 is 11.1 Å². The number of aryl methyl sites for hydroxylation is 1. The van der Waals surface area contributed by atoms with Crippen molar-refractivity contribution in [2.75, 3.05) is 19.6 Å². The monoisotopic (exact) mass is 311 g/mol. The smallest absolute Gasteiger partial charge is 0.312 e. The third kappa shape index (κ3) is 3.74. The molecule has 7 heteroatoms. The average molecular weight is 311 g/mol. The number of primary amides is 1. The largest absolute Gasteiger partial charge is 0.352 e. The summed E-state index contributed by atoms with van der Waals surface area (Å²) in [6, 6.07) is 6.41. The van der Waals surface area contributed by atoms with Crippen LogP contribution in [0.5, 0.6) is 0 Å². The summed E-state index contributed by atoms with van der Waals surface area (Å²) < 4.78 is 26.9. The molecule has 1 aliphatic heterocycles. The van der Waals surface area contributed by atoms with Crippen LogP contribution >= 0.6 is 0 Å². The lowest BCUT2D eigenvalue weighted by molar-refractivity contribution is 0.236. The Morgan fingerprint density at radius 2 is 2.14 bits per heavy atom. The minimum atomic E-state index is -3.47. The van der Waals surface area contributed by atoms with Gasteiger partial charge in [0.15, 0.2) is 0 Å². The van der Waals surface area contributed by atoms with Gasteiger partial charge in [0.1, 0.15) is 0 Å². The molecule has 1 saturated heterocycles. The first-order valence-electron chi connectivity index (χ1n) is 7.00. The van der Waals surface area contributed by atoms with Crippen LogP contribution in [0.15, 0.2) is 29.2 Å². The number of nitrogens with zero attached hydrogens (tertiary/aromatic N) is 1. The molecule has 0 saturated carbocycles. The van der Waals surface area contributed by atoms with Gasteiger partial charge in [0, 0.05) is 19.6 Å². The predicted molar refractivity (Wildman–Crippen MR) is 80.2 cm³/mol. The molecule has 1 unspecified atom stereocenters. The van der Waals surface area contributed by atoms with E-state index in [1.165, 1.54) is 4.31 Å². The Kier molecular flexibility index (Phi) is 4.84. The lowest BCUT2D eigenvalue weighted by atomic mass is 10.00. The lowest BCUT2D eigenvalue weighted by Gasteiger charge is -2.32. The Morgan fingerprint density at radius 3 is 2.81 bits per heavy atom. The number of carbonyl (C=O) groups is 1. The number of urea groups is 1. The molecule has 1 atom stereocenters. The van der Waals surface area contributed by atoms with Crippen molar-refractivity contribution >= 4 is 16.1 Å². The van der Waals surface area contributed by atoms with Crippen molar-refractivity contribution in [3.05, 3.63) is 29.8 Å². The van der Waals surface area contributed by atoms with E-state index in [9.17, 15) is 13.2 Å². The highest BCUT2D eigenvalue weighted by Crippen LogP contribution is 2.25. The molecule has 21 heavy (non-hydrogen) atoms. The summed E-state index contributed by atoms with van der Waals surface area (Å²) in [6.45, 7) is 3.14. The fourth-order valence-electron chi connectivity index (χ4n) is 2.64. The van der Waals surface area contributed by atoms with Gasteiger partial charge in [-0.05, 0) is 37.3 Å². The molecule has 6 nitrogen and oxygen atoms in total. The number of benzene rings is 1. The number of hydrogen-bond acceptors (Lipinski definition) is 3. The molecular weight excluding hydrogens is 290 g/mol. The zero-order valence-corrected chi connectivity index (χ0v) is 12.9. The summed E-state index contributed by atoms with van der Waals surface area (Å²) >= 11 is 0. The second kappa shape index (κ2) is 6.44. The molecule has 0 aliphatic carbocycles. The molecule has 0 bridgehead atoms. The number of sulfonamides is 1. The highest BCUT2D eigenvalue weighted by molar-refractivity contribution is 7.89. The van der Waals surface area contributed by atoms with Crippen LogP contribution in [0.2, 0.25) is 0 Å². The van der Waals surface area contributed by atoms with Gasteiger partial charge in [-0.3, -0.25) is 0 Å². The quantitative estimate of drug-likeness (QED) is 0.871. The molecule has 1 aromatic rings. The maximum atomic E-state index is 12.7. The molecule has 2 rings (SSSR count). The minimum Gasteiger partial charge on any atom is -0.352 e. The summed E-state index contributed by atoms with van der Waals surface area (Å²) in [5.74, 6) is 0.102. The van der Waals surface area contributed by atoms with Crippen molar-refractivity contribution in [3.8, 4) is 0 Å². The summed E-state index contributed by atoms with van der Waals surface area (Å²) in [7, 11) is -3.47. The van der Waals surface area contributed by atoms with Crippen molar-refractivity contribution in [2.24, 2.45) is 11.7 Å². The molecule has 0 spiro atoms. The van der Waals surface area contributed by atoms with Crippen LogP contribution in [0.25, 0.3) is 0 Å². The van der Waals surface area contributed by atoms with Gasteiger partial charge >= 0.3 is 6.03 Å². The summed E-state index contributed by atoms with van der Waals surface area (Å²) in [5.41, 5.74) is 5.80. The molecule has 0 radical (unpaired) electrons. The molecule has 0 aromatic heterocycles. The number of carbonyl (C=O) groups excluding carboxylic acids is 1. The van der Waals surface area contributed by atoms with E-state index >= 15 is 0 Å². The molecule has 1 aliphatic rings. The van der Waals surface area contributed by atoms with Crippen LogP contribution in [0, 0.1) is 12.8 Å². The van der Waals surface area contributed by atoms with Crippen LogP contribution in [0.1, 0.15) is 18.4 Å². The van der Waals surface area contributed by atoms with E-state index in [0.29, 0.717) is 24.5 Å². The number of amides is 2. The van der Waals surface area contributed by atoms with E-state index in [-0.39, 0.29) is 5.92 Å². The van der Waals surface area contributed by atoms with Gasteiger partial charge in [-0.2, -0.15) is 4.31 Å². The molecular formula is C14H21N3O3S. The highest BCUT2D eigenvalue weighted by atomic mass is 32.2. The van der Waals surface area contributed by atoms with E-state index in [2.05, 4.69) is 5.32 Å². The van der Waals surface area contributed by atoms with Gasteiger partial charge in [-0.15, -0.1) is 0 Å². The third-order valence-electron chi connectivity index (χ3n) is 3.76. The van der Waals surface area contributed by atoms with E-state index in [1.54, 1.807) is 25.1 Å². The van der Waals surface area contributed by atoms with Crippen LogP contribution in [-0.4, -0.2) is 38.4 Å². The summed E-state index contributed by atoms with van der Waals surface area (Å²) in [5, 5.41) is 2.56. The minimum absolute atomic E-state index is 0.102. The van der Waals surface area contributed by atoms with Crippen molar-refractivity contribution < 1.29 is 13.2 Å². The first-order valence-corrected chi connectivity index (χ1v) is 8.44. The standard InChI is InChI=1S/C14H21N3O3S/c1-11-5-2-3-7-13(11)21(19,20)17-8-4-6-12(10-17)9-16-14(15)18/h2-3,5,7,12H,4,6,8-10H2,1H3,(H3,15,16,18). The maximum Gasteiger partial charge on any atom is 0.312 e. The summed E-state index contributed by atoms with van der Waals surface area (Å²) in [6.07, 6.45) is 1.68. The van der Waals surface area contributed by atoms with E-state index in [0.717, 1.165) is 18.4 Å². The van der Waals surface area contributed by atoms with E-state index in [1.807, 2.05) is 6.07 Å². The molecule has 1 aromatic carbocycles. The van der Waals surface area contributed by atoms with Crippen molar-refractivity contribution in [1.82, 2.24) is 9.62 Å². The van der Waals surface area contributed by atoms with E-state index in [4.69, 9.17) is 5.73 Å². The number of hydrogen-bond donors (Lipinski definition) is 2. The fourth-order valence-corrected chi connectivity index (χ4v) is 4.42. The molecule has 3 N–H and O–H groups in total.